The molecule has 36 heavy (non-hydrogen) atoms. The van der Waals surface area contributed by atoms with Crippen molar-refractivity contribution in [3.8, 4) is 5.75 Å². The fourth-order valence-corrected chi connectivity index (χ4v) is 4.56. The summed E-state index contributed by atoms with van der Waals surface area (Å²) >= 11 is 0. The van der Waals surface area contributed by atoms with Gasteiger partial charge in [-0.2, -0.15) is 0 Å². The van der Waals surface area contributed by atoms with Crippen molar-refractivity contribution in [2.45, 2.75) is 13.0 Å². The third-order valence-corrected chi connectivity index (χ3v) is 6.62. The topological polar surface area (TPSA) is 48.1 Å². The normalized spacial score (nSPS) is 14.8. The lowest BCUT2D eigenvalue weighted by Gasteiger charge is -2.40. The summed E-state index contributed by atoms with van der Waals surface area (Å²) in [6.07, 6.45) is 0. The molecule has 0 spiro atoms. The van der Waals surface area contributed by atoms with E-state index in [1.165, 1.54) is 17.7 Å². The van der Waals surface area contributed by atoms with E-state index in [1.807, 2.05) is 45.3 Å². The first-order valence-corrected chi connectivity index (χ1v) is 12.5. The Morgan fingerprint density at radius 2 is 1.58 bits per heavy atom. The lowest BCUT2D eigenvalue weighted by Crippen LogP contribution is -2.50. The Balaban J connectivity index is 1.45. The van der Waals surface area contributed by atoms with Crippen LogP contribution in [0.3, 0.4) is 0 Å². The molecule has 4 rings (SSSR count). The predicted octanol–water partition coefficient (Wildman–Crippen LogP) is 4.58. The summed E-state index contributed by atoms with van der Waals surface area (Å²) in [4.78, 5) is 19.7. The zero-order valence-electron chi connectivity index (χ0n) is 21.3. The van der Waals surface area contributed by atoms with E-state index in [0.29, 0.717) is 18.7 Å². The molecule has 0 aromatic heterocycles. The van der Waals surface area contributed by atoms with Crippen molar-refractivity contribution < 1.29 is 13.9 Å². The number of carbonyl (C=O) groups is 1. The van der Waals surface area contributed by atoms with Gasteiger partial charge in [-0.1, -0.05) is 12.1 Å². The summed E-state index contributed by atoms with van der Waals surface area (Å²) in [6, 6.07) is 22.5. The number of carbonyl (C=O) groups excluding carboxylic acids is 1. The Labute approximate surface area is 213 Å². The van der Waals surface area contributed by atoms with Crippen molar-refractivity contribution in [3.63, 3.8) is 0 Å². The van der Waals surface area contributed by atoms with Gasteiger partial charge in [-0.15, -0.1) is 0 Å². The molecular formula is C29H35FN4O2. The third kappa shape index (κ3) is 6.34. The van der Waals surface area contributed by atoms with Gasteiger partial charge in [-0.25, -0.2) is 4.39 Å². The van der Waals surface area contributed by atoms with E-state index in [9.17, 15) is 9.18 Å². The van der Waals surface area contributed by atoms with Crippen LogP contribution in [-0.2, 0) is 0 Å². The minimum Gasteiger partial charge on any atom is -0.494 e. The molecule has 1 saturated heterocycles. The van der Waals surface area contributed by atoms with E-state index in [1.54, 1.807) is 12.1 Å². The molecule has 3 aromatic rings. The number of hydrogen-bond acceptors (Lipinski definition) is 5. The summed E-state index contributed by atoms with van der Waals surface area (Å²) < 4.78 is 18.8. The molecule has 1 amide bonds. The van der Waals surface area contributed by atoms with Crippen molar-refractivity contribution in [1.29, 1.82) is 0 Å². The van der Waals surface area contributed by atoms with Crippen LogP contribution in [0.2, 0.25) is 0 Å². The highest BCUT2D eigenvalue weighted by Gasteiger charge is 2.26. The Hall–Kier alpha value is -3.58. The van der Waals surface area contributed by atoms with Crippen LogP contribution in [0.15, 0.2) is 72.8 Å². The molecule has 0 radical (unpaired) electrons. The molecule has 0 saturated carbocycles. The Bertz CT molecular complexity index is 1110. The lowest BCUT2D eigenvalue weighted by molar-refractivity contribution is 0.0930. The van der Waals surface area contributed by atoms with Gasteiger partial charge in [0.1, 0.15) is 11.6 Å². The van der Waals surface area contributed by atoms with Crippen LogP contribution in [0.25, 0.3) is 0 Å². The maximum absolute atomic E-state index is 13.3. The number of anilines is 2. The van der Waals surface area contributed by atoms with Crippen LogP contribution in [-0.4, -0.2) is 64.2 Å². The number of nitrogens with one attached hydrogen (secondary N) is 1. The molecule has 1 N–H and O–H groups in total. The first kappa shape index (κ1) is 25.5. The first-order valence-electron chi connectivity index (χ1n) is 12.5. The van der Waals surface area contributed by atoms with E-state index in [2.05, 4.69) is 44.3 Å². The van der Waals surface area contributed by atoms with Gasteiger partial charge in [0.25, 0.3) is 5.91 Å². The Kier molecular flexibility index (Phi) is 8.44. The Morgan fingerprint density at radius 1 is 0.944 bits per heavy atom. The molecular weight excluding hydrogens is 455 g/mol. The summed E-state index contributed by atoms with van der Waals surface area (Å²) in [5.74, 6) is 0.437. The number of hydrogen-bond donors (Lipinski definition) is 1. The quantitative estimate of drug-likeness (QED) is 0.476. The molecule has 6 nitrogen and oxygen atoms in total. The third-order valence-electron chi connectivity index (χ3n) is 6.62. The second-order valence-corrected chi connectivity index (χ2v) is 9.17. The molecule has 7 heteroatoms. The van der Waals surface area contributed by atoms with Gasteiger partial charge in [0, 0.05) is 63.8 Å². The molecule has 1 fully saturated rings. The number of piperazine rings is 1. The van der Waals surface area contributed by atoms with Crippen molar-refractivity contribution in [3.05, 3.63) is 89.7 Å². The van der Waals surface area contributed by atoms with Crippen LogP contribution in [0.4, 0.5) is 15.8 Å². The highest BCUT2D eigenvalue weighted by Crippen LogP contribution is 2.26. The van der Waals surface area contributed by atoms with Crippen LogP contribution >= 0.6 is 0 Å². The molecule has 0 unspecified atom stereocenters. The first-order chi connectivity index (χ1) is 17.4. The molecule has 1 aliphatic rings. The second-order valence-electron chi connectivity index (χ2n) is 9.17. The standard InChI is InChI=1S/C29H35FN4O2/c1-4-36-27-15-7-23(8-16-27)29(35)31-21-28(22-5-11-25(12-6-22)32(2)3)34-19-17-33(18-20-34)26-13-9-24(30)10-14-26/h5-16,28H,4,17-21H2,1-3H3,(H,31,35)/t28-/m1/s1. The maximum Gasteiger partial charge on any atom is 0.251 e. The number of nitrogens with zero attached hydrogens (tertiary/aromatic N) is 3. The fourth-order valence-electron chi connectivity index (χ4n) is 4.56. The van der Waals surface area contributed by atoms with Crippen molar-refractivity contribution in [1.82, 2.24) is 10.2 Å². The van der Waals surface area contributed by atoms with Crippen molar-refractivity contribution >= 4 is 17.3 Å². The number of halogens is 1. The maximum atomic E-state index is 13.3. The molecule has 3 aromatic carbocycles. The van der Waals surface area contributed by atoms with Crippen LogP contribution < -0.4 is 19.9 Å². The number of amides is 1. The molecule has 1 atom stereocenters. The van der Waals surface area contributed by atoms with E-state index in [-0.39, 0.29) is 17.8 Å². The molecule has 190 valence electrons. The van der Waals surface area contributed by atoms with Gasteiger partial charge in [0.2, 0.25) is 0 Å². The highest BCUT2D eigenvalue weighted by atomic mass is 19.1. The second kappa shape index (κ2) is 11.9. The molecule has 0 aliphatic carbocycles. The van der Waals surface area contributed by atoms with E-state index >= 15 is 0 Å². The summed E-state index contributed by atoms with van der Waals surface area (Å²) in [6.45, 7) is 6.39. The van der Waals surface area contributed by atoms with E-state index in [4.69, 9.17) is 4.74 Å². The molecule has 1 heterocycles. The monoisotopic (exact) mass is 490 g/mol. The van der Waals surface area contributed by atoms with Gasteiger partial charge >= 0.3 is 0 Å². The smallest absolute Gasteiger partial charge is 0.251 e. The zero-order chi connectivity index (χ0) is 25.5. The van der Waals surface area contributed by atoms with E-state index < -0.39 is 0 Å². The fraction of sp³-hybridized carbons (Fsp3) is 0.345. The minimum absolute atomic E-state index is 0.0447. The molecule has 0 bridgehead atoms. The van der Waals surface area contributed by atoms with Gasteiger partial charge in [-0.3, -0.25) is 9.69 Å². The van der Waals surface area contributed by atoms with Crippen molar-refractivity contribution in [2.75, 3.05) is 63.2 Å². The van der Waals surface area contributed by atoms with E-state index in [0.717, 1.165) is 43.3 Å². The van der Waals surface area contributed by atoms with Gasteiger partial charge in [0.15, 0.2) is 0 Å². The zero-order valence-corrected chi connectivity index (χ0v) is 21.3. The number of rotatable bonds is 9. The Morgan fingerprint density at radius 3 is 2.17 bits per heavy atom. The number of benzene rings is 3. The number of ether oxygens (including phenoxy) is 1. The van der Waals surface area contributed by atoms with Gasteiger partial charge in [0.05, 0.1) is 12.6 Å². The predicted molar refractivity (Wildman–Crippen MR) is 144 cm³/mol. The largest absolute Gasteiger partial charge is 0.494 e. The lowest BCUT2D eigenvalue weighted by atomic mass is 10.0. The highest BCUT2D eigenvalue weighted by molar-refractivity contribution is 5.94. The summed E-state index contributed by atoms with van der Waals surface area (Å²) in [7, 11) is 4.05. The van der Waals surface area contributed by atoms with Crippen LogP contribution in [0, 0.1) is 5.82 Å². The van der Waals surface area contributed by atoms with Gasteiger partial charge < -0.3 is 19.9 Å². The average Bonchev–Trinajstić information content (AvgIpc) is 2.90. The summed E-state index contributed by atoms with van der Waals surface area (Å²) in [5.41, 5.74) is 3.95. The average molecular weight is 491 g/mol. The SMILES string of the molecule is CCOc1ccc(C(=O)NC[C@H](c2ccc(N(C)C)cc2)N2CCN(c3ccc(F)cc3)CC2)cc1. The van der Waals surface area contributed by atoms with Gasteiger partial charge in [-0.05, 0) is 73.2 Å². The van der Waals surface area contributed by atoms with Crippen molar-refractivity contribution in [2.24, 2.45) is 0 Å². The van der Waals surface area contributed by atoms with Crippen LogP contribution in [0.1, 0.15) is 28.9 Å². The minimum atomic E-state index is -0.220. The molecule has 1 aliphatic heterocycles. The van der Waals surface area contributed by atoms with Crippen LogP contribution in [0.5, 0.6) is 5.75 Å². The summed E-state index contributed by atoms with van der Waals surface area (Å²) in [5, 5.41) is 3.15.